The van der Waals surface area contributed by atoms with Gasteiger partial charge in [-0.05, 0) is 44.0 Å². The van der Waals surface area contributed by atoms with E-state index in [-0.39, 0.29) is 6.04 Å². The predicted molar refractivity (Wildman–Crippen MR) is 129 cm³/mol. The highest BCUT2D eigenvalue weighted by Crippen LogP contribution is 2.36. The summed E-state index contributed by atoms with van der Waals surface area (Å²) in [5.41, 5.74) is 4.76. The lowest BCUT2D eigenvalue weighted by Gasteiger charge is -2.33. The summed E-state index contributed by atoms with van der Waals surface area (Å²) in [6.45, 7) is 4.93. The van der Waals surface area contributed by atoms with Crippen molar-refractivity contribution in [3.05, 3.63) is 59.9 Å². The van der Waals surface area contributed by atoms with E-state index >= 15 is 0 Å². The van der Waals surface area contributed by atoms with E-state index < -0.39 is 6.09 Å². The molecular weight excluding hydrogens is 432 g/mol. The fourth-order valence-corrected chi connectivity index (χ4v) is 4.82. The van der Waals surface area contributed by atoms with Gasteiger partial charge in [0.15, 0.2) is 0 Å². The average molecular weight is 463 g/mol. The Kier molecular flexibility index (Phi) is 6.06. The molecule has 34 heavy (non-hydrogen) atoms. The van der Waals surface area contributed by atoms with Crippen LogP contribution in [0.15, 0.2) is 42.9 Å². The Morgan fingerprint density at radius 2 is 2.12 bits per heavy atom. The number of amides is 1. The molecule has 178 valence electrons. The van der Waals surface area contributed by atoms with Crippen molar-refractivity contribution in [3.8, 4) is 0 Å². The first kappa shape index (κ1) is 22.1. The zero-order valence-electron chi connectivity index (χ0n) is 19.6. The van der Waals surface area contributed by atoms with E-state index in [2.05, 4.69) is 20.1 Å². The molecule has 0 spiro atoms. The Bertz CT molecular complexity index is 1290. The number of imidazole rings is 1. The lowest BCUT2D eigenvalue weighted by molar-refractivity contribution is 0.198. The summed E-state index contributed by atoms with van der Waals surface area (Å²) in [5, 5.41) is 22.0. The van der Waals surface area contributed by atoms with Crippen LogP contribution in [0.2, 0.25) is 0 Å². The third-order valence-electron chi connectivity index (χ3n) is 6.51. The molecule has 1 aliphatic heterocycles. The summed E-state index contributed by atoms with van der Waals surface area (Å²) >= 11 is 0. The zero-order valence-corrected chi connectivity index (χ0v) is 19.6. The predicted octanol–water partition coefficient (Wildman–Crippen LogP) is 2.82. The highest BCUT2D eigenvalue weighted by atomic mass is 16.4. The first-order valence-electron chi connectivity index (χ1n) is 11.7. The Balaban J connectivity index is 1.44. The molecule has 10 heteroatoms. The molecule has 1 atom stereocenters. The molecule has 5 rings (SSSR count). The molecule has 0 fully saturated rings. The number of aromatic nitrogens is 6. The third-order valence-corrected chi connectivity index (χ3v) is 6.51. The van der Waals surface area contributed by atoms with Crippen molar-refractivity contribution in [1.29, 1.82) is 0 Å². The Hall–Kier alpha value is -3.66. The van der Waals surface area contributed by atoms with Gasteiger partial charge in [0.05, 0.1) is 22.4 Å². The molecule has 1 aromatic carbocycles. The van der Waals surface area contributed by atoms with Crippen LogP contribution in [0.1, 0.15) is 30.4 Å². The number of benzene rings is 1. The van der Waals surface area contributed by atoms with Gasteiger partial charge in [-0.1, -0.05) is 0 Å². The largest absolute Gasteiger partial charge is 0.465 e. The van der Waals surface area contributed by atoms with Crippen molar-refractivity contribution in [3.63, 3.8) is 0 Å². The van der Waals surface area contributed by atoms with Crippen LogP contribution in [0.25, 0.3) is 11.0 Å². The summed E-state index contributed by atoms with van der Waals surface area (Å²) in [6, 6.07) is 7.85. The quantitative estimate of drug-likeness (QED) is 0.390. The fourth-order valence-electron chi connectivity index (χ4n) is 4.82. The third kappa shape index (κ3) is 4.28. The number of fused-ring (bicyclic) bond motifs is 3. The van der Waals surface area contributed by atoms with Gasteiger partial charge in [-0.25, -0.2) is 9.78 Å². The molecule has 1 unspecified atom stereocenters. The van der Waals surface area contributed by atoms with Crippen molar-refractivity contribution >= 4 is 22.8 Å². The molecule has 4 heterocycles. The molecule has 3 aromatic heterocycles. The van der Waals surface area contributed by atoms with Crippen LogP contribution >= 0.6 is 0 Å². The summed E-state index contributed by atoms with van der Waals surface area (Å²) in [4.78, 5) is 18.5. The van der Waals surface area contributed by atoms with Crippen LogP contribution in [0.4, 0.5) is 10.5 Å². The minimum Gasteiger partial charge on any atom is -0.465 e. The number of rotatable bonds is 8. The fraction of sp³-hybridized carbons (Fsp3) is 0.417. The van der Waals surface area contributed by atoms with Crippen molar-refractivity contribution in [2.45, 2.75) is 51.9 Å². The molecule has 0 radical (unpaired) electrons. The van der Waals surface area contributed by atoms with Gasteiger partial charge >= 0.3 is 6.09 Å². The maximum absolute atomic E-state index is 11.9. The summed E-state index contributed by atoms with van der Waals surface area (Å²) < 4.78 is 5.97. The number of nitrogens with one attached hydrogen (secondary N) is 1. The van der Waals surface area contributed by atoms with Gasteiger partial charge in [0.25, 0.3) is 0 Å². The Morgan fingerprint density at radius 3 is 2.85 bits per heavy atom. The molecule has 2 N–H and O–H groups in total. The molecule has 10 nitrogen and oxygen atoms in total. The van der Waals surface area contributed by atoms with E-state index in [0.29, 0.717) is 6.54 Å². The van der Waals surface area contributed by atoms with Gasteiger partial charge in [0.2, 0.25) is 0 Å². The maximum atomic E-state index is 11.9. The molecule has 4 aromatic rings. The molecule has 0 aliphatic carbocycles. The van der Waals surface area contributed by atoms with Gasteiger partial charge in [-0.2, -0.15) is 10.2 Å². The second kappa shape index (κ2) is 9.30. The Labute approximate surface area is 197 Å². The van der Waals surface area contributed by atoms with Crippen molar-refractivity contribution in [2.24, 2.45) is 7.05 Å². The lowest BCUT2D eigenvalue weighted by Crippen LogP contribution is -2.41. The smallest absolute Gasteiger partial charge is 0.412 e. The van der Waals surface area contributed by atoms with E-state index in [1.807, 2.05) is 55.3 Å². The first-order valence-corrected chi connectivity index (χ1v) is 11.7. The SMILES string of the molecule is CC1CCc2c(ccc3c2nc(CCn2cccn2)n3CCNCc2ccn(C)n2)N1C(=O)O. The van der Waals surface area contributed by atoms with E-state index in [0.717, 1.165) is 72.7 Å². The van der Waals surface area contributed by atoms with Gasteiger partial charge in [0, 0.05) is 69.8 Å². The number of hydrogen-bond donors (Lipinski definition) is 2. The van der Waals surface area contributed by atoms with Crippen LogP contribution in [0.5, 0.6) is 0 Å². The number of aryl methyl sites for hydroxylation is 4. The van der Waals surface area contributed by atoms with Crippen molar-refractivity contribution in [2.75, 3.05) is 11.4 Å². The van der Waals surface area contributed by atoms with E-state index in [1.165, 1.54) is 4.90 Å². The van der Waals surface area contributed by atoms with E-state index in [9.17, 15) is 9.90 Å². The number of nitrogens with zero attached hydrogens (tertiary/aromatic N) is 7. The topological polar surface area (TPSA) is 106 Å². The minimum atomic E-state index is -0.912. The maximum Gasteiger partial charge on any atom is 0.412 e. The summed E-state index contributed by atoms with van der Waals surface area (Å²) in [7, 11) is 1.92. The van der Waals surface area contributed by atoms with Gasteiger partial charge in [0.1, 0.15) is 5.82 Å². The van der Waals surface area contributed by atoms with Crippen LogP contribution in [0, 0.1) is 0 Å². The lowest BCUT2D eigenvalue weighted by atomic mass is 9.96. The molecular formula is C24H30N8O2. The van der Waals surface area contributed by atoms with E-state index in [1.54, 1.807) is 10.9 Å². The van der Waals surface area contributed by atoms with Gasteiger partial charge in [-0.3, -0.25) is 14.3 Å². The summed E-state index contributed by atoms with van der Waals surface area (Å²) in [6.07, 6.45) is 7.12. The first-order chi connectivity index (χ1) is 16.5. The molecule has 1 amide bonds. The highest BCUT2D eigenvalue weighted by molar-refractivity contribution is 5.94. The van der Waals surface area contributed by atoms with E-state index in [4.69, 9.17) is 4.98 Å². The number of carbonyl (C=O) groups is 1. The van der Waals surface area contributed by atoms with Crippen LogP contribution < -0.4 is 10.2 Å². The van der Waals surface area contributed by atoms with Crippen molar-refractivity contribution in [1.82, 2.24) is 34.4 Å². The van der Waals surface area contributed by atoms with Crippen molar-refractivity contribution < 1.29 is 9.90 Å². The number of anilines is 1. The molecule has 0 bridgehead atoms. The minimum absolute atomic E-state index is 0.0420. The molecule has 0 saturated carbocycles. The average Bonchev–Trinajstić information content (AvgIpc) is 3.55. The normalized spacial score (nSPS) is 15.7. The standard InChI is InChI=1S/C24H30N8O2/c1-17-4-5-19-20(32(17)24(33)34)6-7-21-23(19)27-22(9-14-30-12-3-10-26-30)31(21)15-11-25-16-18-8-13-29(2)28-18/h3,6-8,10,12-13,17,25H,4-5,9,11,14-16H2,1-2H3,(H,33,34). The summed E-state index contributed by atoms with van der Waals surface area (Å²) in [5.74, 6) is 0.985. The van der Waals surface area contributed by atoms with Crippen LogP contribution in [-0.4, -0.2) is 52.9 Å². The van der Waals surface area contributed by atoms with Gasteiger partial charge < -0.3 is 15.0 Å². The van der Waals surface area contributed by atoms with Crippen LogP contribution in [-0.2, 0) is 39.5 Å². The second-order valence-electron chi connectivity index (χ2n) is 8.83. The molecule has 0 saturated heterocycles. The highest BCUT2D eigenvalue weighted by Gasteiger charge is 2.30. The number of hydrogen-bond acceptors (Lipinski definition) is 5. The second-order valence-corrected chi connectivity index (χ2v) is 8.83. The van der Waals surface area contributed by atoms with Crippen LogP contribution in [0.3, 0.4) is 0 Å². The number of carboxylic acid groups (broad SMARTS) is 1. The van der Waals surface area contributed by atoms with Gasteiger partial charge in [-0.15, -0.1) is 0 Å². The Morgan fingerprint density at radius 1 is 1.24 bits per heavy atom. The molecule has 1 aliphatic rings. The zero-order chi connectivity index (χ0) is 23.7. The monoisotopic (exact) mass is 462 g/mol.